The summed E-state index contributed by atoms with van der Waals surface area (Å²) in [5.41, 5.74) is 1.09. The minimum absolute atomic E-state index is 0.000517. The molecule has 0 aliphatic heterocycles. The minimum atomic E-state index is -0.756. The number of carbonyl (C=O) groups is 1. The lowest BCUT2D eigenvalue weighted by atomic mass is 10.1. The molecule has 2 aromatic carbocycles. The van der Waals surface area contributed by atoms with Gasteiger partial charge in [0.25, 0.3) is 5.91 Å². The van der Waals surface area contributed by atoms with Gasteiger partial charge in [0.1, 0.15) is 30.0 Å². The summed E-state index contributed by atoms with van der Waals surface area (Å²) in [5.74, 6) is 4.39. The van der Waals surface area contributed by atoms with Gasteiger partial charge in [-0.05, 0) is 56.0 Å². The maximum atomic E-state index is 15.5. The van der Waals surface area contributed by atoms with Crippen molar-refractivity contribution in [2.24, 2.45) is 5.92 Å². The summed E-state index contributed by atoms with van der Waals surface area (Å²) in [7, 11) is 0. The normalized spacial score (nSPS) is 12.7. The summed E-state index contributed by atoms with van der Waals surface area (Å²) in [4.78, 5) is 24.5. The van der Waals surface area contributed by atoms with E-state index >= 15 is 8.78 Å². The van der Waals surface area contributed by atoms with Gasteiger partial charge < -0.3 is 15.4 Å². The van der Waals surface area contributed by atoms with E-state index in [1.807, 2.05) is 0 Å². The highest BCUT2D eigenvalue weighted by Crippen LogP contribution is 2.34. The number of fused-ring (bicyclic) bond motifs is 2. The number of nitrogens with zero attached hydrogens (tertiary/aromatic N) is 5. The van der Waals surface area contributed by atoms with E-state index in [2.05, 4.69) is 42.5 Å². The standard InChI is InChI=1S/C27H19F2N7O2/c1-15-21(38-17-10-11-36-22(12-17)31-14-33-36)8-7-19(25(15)28)35-27-24-18(30-13-32-27)5-6-20(26(24)29)34-23(37)9-4-16-2-3-16/h5-8,10-14,16H,2-3H2,1H3,(H,34,37)(H,30,32,35). The molecule has 38 heavy (non-hydrogen) atoms. The van der Waals surface area contributed by atoms with Gasteiger partial charge >= 0.3 is 0 Å². The van der Waals surface area contributed by atoms with Crippen LogP contribution < -0.4 is 15.4 Å². The van der Waals surface area contributed by atoms with Gasteiger partial charge in [0.15, 0.2) is 17.3 Å². The fourth-order valence-corrected chi connectivity index (χ4v) is 3.84. The quantitative estimate of drug-likeness (QED) is 0.315. The molecule has 188 valence electrons. The zero-order valence-electron chi connectivity index (χ0n) is 20.0. The van der Waals surface area contributed by atoms with Gasteiger partial charge in [-0.15, -0.1) is 0 Å². The van der Waals surface area contributed by atoms with Crippen molar-refractivity contribution in [3.8, 4) is 23.3 Å². The first kappa shape index (κ1) is 23.3. The molecular weight excluding hydrogens is 492 g/mol. The van der Waals surface area contributed by atoms with Crippen LogP contribution in [0.15, 0.2) is 55.2 Å². The second-order valence-corrected chi connectivity index (χ2v) is 8.74. The molecule has 11 heteroatoms. The van der Waals surface area contributed by atoms with Crippen molar-refractivity contribution in [3.63, 3.8) is 0 Å². The Labute approximate surface area is 214 Å². The van der Waals surface area contributed by atoms with Crippen LogP contribution in [-0.2, 0) is 4.79 Å². The molecule has 5 aromatic rings. The van der Waals surface area contributed by atoms with Crippen LogP contribution in [0.2, 0.25) is 0 Å². The van der Waals surface area contributed by atoms with E-state index < -0.39 is 17.5 Å². The molecule has 0 saturated heterocycles. The average Bonchev–Trinajstić information content (AvgIpc) is 3.64. The Morgan fingerprint density at radius 3 is 2.74 bits per heavy atom. The molecule has 0 spiro atoms. The van der Waals surface area contributed by atoms with E-state index in [9.17, 15) is 4.79 Å². The molecule has 0 unspecified atom stereocenters. The van der Waals surface area contributed by atoms with Crippen LogP contribution >= 0.6 is 0 Å². The summed E-state index contributed by atoms with van der Waals surface area (Å²) >= 11 is 0. The number of ether oxygens (including phenoxy) is 1. The number of halogens is 2. The molecule has 0 atom stereocenters. The van der Waals surface area contributed by atoms with Gasteiger partial charge in [-0.1, -0.05) is 5.92 Å². The Kier molecular flexibility index (Phi) is 5.76. The van der Waals surface area contributed by atoms with E-state index in [4.69, 9.17) is 4.74 Å². The first-order valence-corrected chi connectivity index (χ1v) is 11.8. The average molecular weight is 511 g/mol. The highest BCUT2D eigenvalue weighted by atomic mass is 19.1. The molecule has 1 saturated carbocycles. The number of hydrogen-bond acceptors (Lipinski definition) is 7. The maximum Gasteiger partial charge on any atom is 0.300 e. The van der Waals surface area contributed by atoms with Crippen LogP contribution in [0.4, 0.5) is 26.0 Å². The van der Waals surface area contributed by atoms with Crippen molar-refractivity contribution in [1.82, 2.24) is 24.6 Å². The Morgan fingerprint density at radius 1 is 1.05 bits per heavy atom. The third-order valence-electron chi connectivity index (χ3n) is 6.03. The van der Waals surface area contributed by atoms with E-state index in [0.717, 1.165) is 12.8 Å². The van der Waals surface area contributed by atoms with Crippen LogP contribution in [0.1, 0.15) is 18.4 Å². The fourth-order valence-electron chi connectivity index (χ4n) is 3.84. The Bertz CT molecular complexity index is 1790. The molecule has 0 bridgehead atoms. The monoisotopic (exact) mass is 511 g/mol. The number of hydrogen-bond donors (Lipinski definition) is 2. The van der Waals surface area contributed by atoms with Crippen molar-refractivity contribution in [1.29, 1.82) is 0 Å². The molecular formula is C27H19F2N7O2. The number of benzene rings is 2. The summed E-state index contributed by atoms with van der Waals surface area (Å²) in [5, 5.41) is 9.35. The first-order chi connectivity index (χ1) is 18.5. The summed E-state index contributed by atoms with van der Waals surface area (Å²) in [6, 6.07) is 9.38. The third kappa shape index (κ3) is 4.55. The van der Waals surface area contributed by atoms with Crippen LogP contribution in [-0.4, -0.2) is 30.5 Å². The molecule has 3 heterocycles. The molecule has 2 N–H and O–H groups in total. The lowest BCUT2D eigenvalue weighted by Gasteiger charge is -2.15. The van der Waals surface area contributed by atoms with Gasteiger partial charge in [0.05, 0.1) is 22.3 Å². The fraction of sp³-hybridized carbons (Fsp3) is 0.148. The number of rotatable bonds is 5. The van der Waals surface area contributed by atoms with Crippen molar-refractivity contribution in [2.75, 3.05) is 10.6 Å². The molecule has 1 aliphatic rings. The second-order valence-electron chi connectivity index (χ2n) is 8.74. The Balaban J connectivity index is 1.28. The molecule has 1 aliphatic carbocycles. The summed E-state index contributed by atoms with van der Waals surface area (Å²) < 4.78 is 38.3. The van der Waals surface area contributed by atoms with Gasteiger partial charge in [0, 0.05) is 23.7 Å². The molecule has 0 radical (unpaired) electrons. The van der Waals surface area contributed by atoms with Crippen LogP contribution in [0.25, 0.3) is 16.6 Å². The van der Waals surface area contributed by atoms with Crippen LogP contribution in [0.3, 0.4) is 0 Å². The third-order valence-corrected chi connectivity index (χ3v) is 6.03. The number of amides is 1. The lowest BCUT2D eigenvalue weighted by molar-refractivity contribution is -0.111. The molecule has 1 fully saturated rings. The van der Waals surface area contributed by atoms with Crippen LogP contribution in [0, 0.1) is 36.3 Å². The summed E-state index contributed by atoms with van der Waals surface area (Å²) in [6.45, 7) is 1.57. The first-order valence-electron chi connectivity index (χ1n) is 11.8. The highest BCUT2D eigenvalue weighted by molar-refractivity contribution is 6.05. The molecule has 1 amide bonds. The Hall–Kier alpha value is -5.11. The maximum absolute atomic E-state index is 15.5. The number of aromatic nitrogens is 5. The van der Waals surface area contributed by atoms with Crippen molar-refractivity contribution in [2.45, 2.75) is 19.8 Å². The zero-order chi connectivity index (χ0) is 26.2. The van der Waals surface area contributed by atoms with Crippen molar-refractivity contribution >= 4 is 39.6 Å². The predicted molar refractivity (Wildman–Crippen MR) is 136 cm³/mol. The second kappa shape index (κ2) is 9.40. The number of nitrogens with one attached hydrogen (secondary N) is 2. The van der Waals surface area contributed by atoms with Crippen LogP contribution in [0.5, 0.6) is 11.5 Å². The van der Waals surface area contributed by atoms with Gasteiger partial charge in [0.2, 0.25) is 0 Å². The zero-order valence-corrected chi connectivity index (χ0v) is 20.0. The topological polar surface area (TPSA) is 106 Å². The number of carbonyl (C=O) groups excluding carboxylic acids is 1. The van der Waals surface area contributed by atoms with Gasteiger partial charge in [-0.3, -0.25) is 4.79 Å². The van der Waals surface area contributed by atoms with Crippen molar-refractivity contribution < 1.29 is 18.3 Å². The number of anilines is 3. The van der Waals surface area contributed by atoms with Gasteiger partial charge in [-0.2, -0.15) is 5.10 Å². The van der Waals surface area contributed by atoms with Crippen molar-refractivity contribution in [3.05, 3.63) is 72.4 Å². The highest BCUT2D eigenvalue weighted by Gasteiger charge is 2.20. The minimum Gasteiger partial charge on any atom is -0.457 e. The summed E-state index contributed by atoms with van der Waals surface area (Å²) in [6.07, 6.45) is 6.29. The largest absolute Gasteiger partial charge is 0.457 e. The smallest absolute Gasteiger partial charge is 0.300 e. The molecule has 9 nitrogen and oxygen atoms in total. The predicted octanol–water partition coefficient (Wildman–Crippen LogP) is 5.15. The SMILES string of the molecule is Cc1c(Oc2ccn3ncnc3c2)ccc(Nc2ncnc3ccc(NC(=O)C#CC4CC4)c(F)c23)c1F. The molecule has 3 aromatic heterocycles. The van der Waals surface area contributed by atoms with E-state index in [1.165, 1.54) is 24.8 Å². The van der Waals surface area contributed by atoms with Gasteiger partial charge in [-0.25, -0.2) is 28.2 Å². The van der Waals surface area contributed by atoms with E-state index in [1.54, 1.807) is 41.9 Å². The lowest BCUT2D eigenvalue weighted by Crippen LogP contribution is -2.11. The Morgan fingerprint density at radius 2 is 1.89 bits per heavy atom. The number of pyridine rings is 1. The molecule has 6 rings (SSSR count). The van der Waals surface area contributed by atoms with E-state index in [0.29, 0.717) is 17.1 Å². The van der Waals surface area contributed by atoms with E-state index in [-0.39, 0.29) is 39.6 Å².